The molecule has 4 rings (SSSR count). The van der Waals surface area contributed by atoms with Gasteiger partial charge in [-0.3, -0.25) is 4.90 Å². The van der Waals surface area contributed by atoms with Gasteiger partial charge in [0.1, 0.15) is 6.61 Å². The smallest absolute Gasteiger partial charge is 0.198 e. The molecular formula is C17H22N4OS. The molecule has 0 amide bonds. The number of hydrogen-bond donors (Lipinski definition) is 1. The second kappa shape index (κ2) is 5.85. The Labute approximate surface area is 141 Å². The Balaban J connectivity index is 1.64. The largest absolute Gasteiger partial charge is 0.388 e. The van der Waals surface area contributed by atoms with Gasteiger partial charge in [0.25, 0.3) is 0 Å². The van der Waals surface area contributed by atoms with E-state index in [4.69, 9.17) is 12.2 Å². The normalized spacial score (nSPS) is 20.2. The third kappa shape index (κ3) is 2.65. The number of aliphatic hydroxyl groups excluding tert-OH is 1. The second-order valence-electron chi connectivity index (χ2n) is 6.56. The molecule has 1 aromatic heterocycles. The lowest BCUT2D eigenvalue weighted by Crippen LogP contribution is -2.32. The van der Waals surface area contributed by atoms with Crippen LogP contribution in [0.15, 0.2) is 24.3 Å². The minimum atomic E-state index is -0.0805. The fourth-order valence-corrected chi connectivity index (χ4v) is 3.87. The van der Waals surface area contributed by atoms with Crippen molar-refractivity contribution in [1.29, 1.82) is 0 Å². The van der Waals surface area contributed by atoms with Crippen LogP contribution >= 0.6 is 12.2 Å². The monoisotopic (exact) mass is 330 g/mol. The highest BCUT2D eigenvalue weighted by Gasteiger charge is 2.37. The van der Waals surface area contributed by atoms with Gasteiger partial charge in [-0.2, -0.15) is 5.10 Å². The molecule has 1 saturated carbocycles. The van der Waals surface area contributed by atoms with Crippen LogP contribution in [0.5, 0.6) is 0 Å². The maximum atomic E-state index is 9.40. The zero-order valence-corrected chi connectivity index (χ0v) is 14.2. The highest BCUT2D eigenvalue weighted by Crippen LogP contribution is 2.41. The summed E-state index contributed by atoms with van der Waals surface area (Å²) in [4.78, 5) is 2.55. The maximum Gasteiger partial charge on any atom is 0.198 e. The van der Waals surface area contributed by atoms with Gasteiger partial charge in [-0.05, 0) is 49.0 Å². The quantitative estimate of drug-likeness (QED) is 0.856. The van der Waals surface area contributed by atoms with Crippen LogP contribution in [0.1, 0.15) is 42.3 Å². The molecule has 2 aliphatic rings. The number of hydrogen-bond acceptors (Lipinski definition) is 4. The number of benzene rings is 1. The summed E-state index contributed by atoms with van der Waals surface area (Å²) in [7, 11) is 1.86. The van der Waals surface area contributed by atoms with Gasteiger partial charge < -0.3 is 9.67 Å². The van der Waals surface area contributed by atoms with Crippen molar-refractivity contribution < 1.29 is 5.11 Å². The molecular weight excluding hydrogens is 308 g/mol. The van der Waals surface area contributed by atoms with Crippen LogP contribution < -0.4 is 0 Å². The van der Waals surface area contributed by atoms with Gasteiger partial charge in [0.05, 0.1) is 6.67 Å². The third-order valence-electron chi connectivity index (χ3n) is 5.09. The summed E-state index contributed by atoms with van der Waals surface area (Å²) in [5, 5.41) is 13.9. The van der Waals surface area contributed by atoms with Crippen molar-refractivity contribution in [1.82, 2.24) is 19.2 Å². The van der Waals surface area contributed by atoms with E-state index in [0.717, 1.165) is 6.42 Å². The lowest BCUT2D eigenvalue weighted by molar-refractivity contribution is 0.131. The fourth-order valence-electron chi connectivity index (χ4n) is 3.67. The Bertz CT molecular complexity index is 777. The molecule has 0 aliphatic heterocycles. The Hall–Kier alpha value is -1.50. The van der Waals surface area contributed by atoms with Crippen LogP contribution in [0.2, 0.25) is 0 Å². The average molecular weight is 330 g/mol. The first-order valence-electron chi connectivity index (χ1n) is 8.26. The van der Waals surface area contributed by atoms with Crippen molar-refractivity contribution in [3.8, 4) is 0 Å². The predicted octanol–water partition coefficient (Wildman–Crippen LogP) is 2.55. The second-order valence-corrected chi connectivity index (χ2v) is 6.92. The van der Waals surface area contributed by atoms with Gasteiger partial charge in [-0.15, -0.1) is 0 Å². The van der Waals surface area contributed by atoms with E-state index >= 15 is 0 Å². The van der Waals surface area contributed by atoms with Crippen molar-refractivity contribution in [3.63, 3.8) is 0 Å². The van der Waals surface area contributed by atoms with E-state index in [2.05, 4.69) is 34.3 Å². The SMILES string of the molecule is Cn1c(CO)nn(CN(C2CC2)C2CCc3ccccc32)c1=S. The molecule has 0 bridgehead atoms. The van der Waals surface area contributed by atoms with E-state index in [-0.39, 0.29) is 6.61 Å². The van der Waals surface area contributed by atoms with Crippen molar-refractivity contribution in [2.45, 2.75) is 51.0 Å². The Kier molecular flexibility index (Phi) is 3.83. The topological polar surface area (TPSA) is 46.2 Å². The maximum absolute atomic E-state index is 9.40. The number of aliphatic hydroxyl groups is 1. The minimum absolute atomic E-state index is 0.0805. The first-order valence-corrected chi connectivity index (χ1v) is 8.67. The molecule has 6 heteroatoms. The standard InChI is InChI=1S/C17H22N4OS/c1-19-16(10-22)18-21(17(19)23)11-20(13-7-8-13)15-9-6-12-4-2-3-5-14(12)15/h2-5,13,15,22H,6-11H2,1H3. The van der Waals surface area contributed by atoms with Crippen LogP contribution in [0.3, 0.4) is 0 Å². The van der Waals surface area contributed by atoms with E-state index in [1.807, 2.05) is 11.7 Å². The number of rotatable bonds is 5. The Morgan fingerprint density at radius 3 is 2.78 bits per heavy atom. The molecule has 1 fully saturated rings. The Morgan fingerprint density at radius 2 is 2.09 bits per heavy atom. The summed E-state index contributed by atoms with van der Waals surface area (Å²) in [6, 6.07) is 9.87. The number of aromatic nitrogens is 3. The molecule has 0 saturated heterocycles. The van der Waals surface area contributed by atoms with Crippen molar-refractivity contribution in [2.24, 2.45) is 7.05 Å². The van der Waals surface area contributed by atoms with Gasteiger partial charge in [0.15, 0.2) is 10.6 Å². The van der Waals surface area contributed by atoms with E-state index in [0.29, 0.717) is 29.3 Å². The van der Waals surface area contributed by atoms with Crippen LogP contribution in [-0.4, -0.2) is 30.4 Å². The average Bonchev–Trinajstić information content (AvgIpc) is 3.27. The molecule has 1 aromatic carbocycles. The summed E-state index contributed by atoms with van der Waals surface area (Å²) >= 11 is 5.48. The molecule has 0 spiro atoms. The minimum Gasteiger partial charge on any atom is -0.388 e. The summed E-state index contributed by atoms with van der Waals surface area (Å²) in [6.45, 7) is 0.624. The summed E-state index contributed by atoms with van der Waals surface area (Å²) < 4.78 is 4.33. The molecule has 1 heterocycles. The number of nitrogens with zero attached hydrogens (tertiary/aromatic N) is 4. The van der Waals surface area contributed by atoms with E-state index in [9.17, 15) is 5.11 Å². The molecule has 2 aliphatic carbocycles. The van der Waals surface area contributed by atoms with Crippen LogP contribution in [0, 0.1) is 4.77 Å². The molecule has 0 radical (unpaired) electrons. The molecule has 23 heavy (non-hydrogen) atoms. The van der Waals surface area contributed by atoms with Gasteiger partial charge in [-0.25, -0.2) is 4.68 Å². The van der Waals surface area contributed by atoms with Gasteiger partial charge in [0.2, 0.25) is 0 Å². The van der Waals surface area contributed by atoms with Gasteiger partial charge >= 0.3 is 0 Å². The van der Waals surface area contributed by atoms with Gasteiger partial charge in [-0.1, -0.05) is 24.3 Å². The molecule has 5 nitrogen and oxygen atoms in total. The lowest BCUT2D eigenvalue weighted by Gasteiger charge is -2.29. The summed E-state index contributed by atoms with van der Waals surface area (Å²) in [5.41, 5.74) is 2.94. The van der Waals surface area contributed by atoms with Crippen molar-refractivity contribution in [2.75, 3.05) is 0 Å². The first-order chi connectivity index (χ1) is 11.2. The molecule has 122 valence electrons. The van der Waals surface area contributed by atoms with Crippen molar-refractivity contribution >= 4 is 12.2 Å². The van der Waals surface area contributed by atoms with E-state index < -0.39 is 0 Å². The van der Waals surface area contributed by atoms with Crippen molar-refractivity contribution in [3.05, 3.63) is 46.0 Å². The van der Waals surface area contributed by atoms with Crippen LogP contribution in [0.4, 0.5) is 0 Å². The lowest BCUT2D eigenvalue weighted by atomic mass is 10.1. The van der Waals surface area contributed by atoms with Crippen LogP contribution in [-0.2, 0) is 26.7 Å². The third-order valence-corrected chi connectivity index (χ3v) is 5.57. The molecule has 1 atom stereocenters. The molecule has 1 unspecified atom stereocenters. The number of fused-ring (bicyclic) bond motifs is 1. The Morgan fingerprint density at radius 1 is 1.30 bits per heavy atom. The van der Waals surface area contributed by atoms with Gasteiger partial charge in [0, 0.05) is 19.1 Å². The molecule has 2 aromatic rings. The van der Waals surface area contributed by atoms with Crippen LogP contribution in [0.25, 0.3) is 0 Å². The predicted molar refractivity (Wildman–Crippen MR) is 90.3 cm³/mol. The highest BCUT2D eigenvalue weighted by atomic mass is 32.1. The zero-order chi connectivity index (χ0) is 16.0. The zero-order valence-electron chi connectivity index (χ0n) is 13.4. The summed E-state index contributed by atoms with van der Waals surface area (Å²) in [5.74, 6) is 0.623. The van der Waals surface area contributed by atoms with E-state index in [1.165, 1.54) is 30.4 Å². The first kappa shape index (κ1) is 15.1. The number of aryl methyl sites for hydroxylation is 1. The molecule has 1 N–H and O–H groups in total. The van der Waals surface area contributed by atoms with E-state index in [1.54, 1.807) is 4.57 Å². The highest BCUT2D eigenvalue weighted by molar-refractivity contribution is 7.71. The fraction of sp³-hybridized carbons (Fsp3) is 0.529. The summed E-state index contributed by atoms with van der Waals surface area (Å²) in [6.07, 6.45) is 4.83.